The molecule has 0 bridgehead atoms. The first-order valence-electron chi connectivity index (χ1n) is 11.5. The molecule has 4 heterocycles. The molecular weight excluding hydrogens is 588 g/mol. The summed E-state index contributed by atoms with van der Waals surface area (Å²) in [5, 5.41) is 9.45. The molecule has 4 rings (SSSR count). The van der Waals surface area contributed by atoms with Crippen LogP contribution in [-0.2, 0) is 23.7 Å². The molecule has 0 saturated carbocycles. The van der Waals surface area contributed by atoms with Gasteiger partial charge >= 0.3 is 12.4 Å². The van der Waals surface area contributed by atoms with Crippen LogP contribution in [0.2, 0.25) is 5.02 Å². The number of thiophene rings is 1. The largest absolute Gasteiger partial charge is 0.436 e. The molecule has 9 nitrogen and oxygen atoms in total. The number of pyridine rings is 1. The zero-order valence-electron chi connectivity index (χ0n) is 21.1. The van der Waals surface area contributed by atoms with Gasteiger partial charge in [0.2, 0.25) is 5.91 Å². The number of halogens is 7. The third kappa shape index (κ3) is 5.12. The number of amides is 2. The van der Waals surface area contributed by atoms with Crippen molar-refractivity contribution in [3.05, 3.63) is 44.9 Å². The minimum Gasteiger partial charge on any atom is -0.365 e. The first-order valence-corrected chi connectivity index (χ1v) is 12.7. The lowest BCUT2D eigenvalue weighted by Gasteiger charge is -2.16. The molecule has 1 unspecified atom stereocenters. The predicted molar refractivity (Wildman–Crippen MR) is 135 cm³/mol. The van der Waals surface area contributed by atoms with Gasteiger partial charge in [0.1, 0.15) is 21.4 Å². The van der Waals surface area contributed by atoms with Gasteiger partial charge in [-0.1, -0.05) is 11.6 Å². The van der Waals surface area contributed by atoms with Crippen molar-refractivity contribution >= 4 is 50.7 Å². The maximum absolute atomic E-state index is 13.8. The number of aromatic nitrogens is 5. The molecule has 0 aromatic carbocycles. The number of rotatable bonds is 6. The Morgan fingerprint density at radius 3 is 2.27 bits per heavy atom. The van der Waals surface area contributed by atoms with E-state index in [0.29, 0.717) is 23.6 Å². The van der Waals surface area contributed by atoms with Gasteiger partial charge in [0.05, 0.1) is 22.1 Å². The van der Waals surface area contributed by atoms with Crippen LogP contribution in [0.3, 0.4) is 0 Å². The highest BCUT2D eigenvalue weighted by atomic mass is 35.5. The smallest absolute Gasteiger partial charge is 0.365 e. The van der Waals surface area contributed by atoms with E-state index in [0.717, 1.165) is 10.7 Å². The number of hydrogen-bond acceptors (Lipinski definition) is 6. The van der Waals surface area contributed by atoms with Gasteiger partial charge in [-0.3, -0.25) is 19.0 Å². The number of fused-ring (bicyclic) bond motifs is 1. The summed E-state index contributed by atoms with van der Waals surface area (Å²) >= 11 is 6.33. The number of carbonyl (C=O) groups is 2. The highest BCUT2D eigenvalue weighted by Gasteiger charge is 2.40. The molecule has 0 saturated heterocycles. The number of alkyl halides is 6. The molecule has 0 aliphatic heterocycles. The van der Waals surface area contributed by atoms with Crippen molar-refractivity contribution in [2.75, 3.05) is 5.32 Å². The van der Waals surface area contributed by atoms with Crippen molar-refractivity contribution in [3.63, 3.8) is 0 Å². The molecular formula is C23H20ClF6N7O2S. The molecule has 0 aliphatic rings. The van der Waals surface area contributed by atoms with E-state index >= 15 is 0 Å². The third-order valence-electron chi connectivity index (χ3n) is 6.08. The quantitative estimate of drug-likeness (QED) is 0.261. The number of nitrogens with two attached hydrogens (primary N) is 1. The number of anilines is 1. The summed E-state index contributed by atoms with van der Waals surface area (Å²) in [7, 11) is 0. The third-order valence-corrected chi connectivity index (χ3v) is 7.63. The lowest BCUT2D eigenvalue weighted by Crippen LogP contribution is -2.26. The first kappa shape index (κ1) is 29.3. The second-order valence-electron chi connectivity index (χ2n) is 8.74. The van der Waals surface area contributed by atoms with Crippen LogP contribution in [0.25, 0.3) is 21.3 Å². The molecule has 17 heteroatoms. The van der Waals surface area contributed by atoms with Gasteiger partial charge in [0, 0.05) is 23.7 Å². The minimum atomic E-state index is -4.89. The van der Waals surface area contributed by atoms with Crippen LogP contribution in [0.15, 0.2) is 12.3 Å². The van der Waals surface area contributed by atoms with E-state index in [-0.39, 0.29) is 37.6 Å². The van der Waals surface area contributed by atoms with E-state index < -0.39 is 46.6 Å². The topological polar surface area (TPSA) is 121 Å². The van der Waals surface area contributed by atoms with Gasteiger partial charge in [0.15, 0.2) is 5.69 Å². The second-order valence-corrected chi connectivity index (χ2v) is 10.1. The predicted octanol–water partition coefficient (Wildman–Crippen LogP) is 5.98. The Kier molecular flexibility index (Phi) is 7.38. The molecule has 4 aromatic rings. The molecule has 3 N–H and O–H groups in total. The molecule has 214 valence electrons. The highest BCUT2D eigenvalue weighted by molar-refractivity contribution is 7.21. The lowest BCUT2D eigenvalue weighted by molar-refractivity contribution is -0.142. The van der Waals surface area contributed by atoms with E-state index in [1.54, 1.807) is 13.8 Å². The van der Waals surface area contributed by atoms with Crippen molar-refractivity contribution in [1.82, 2.24) is 24.5 Å². The number of nitrogens with zero attached hydrogens (tertiary/aromatic N) is 5. The maximum atomic E-state index is 13.8. The van der Waals surface area contributed by atoms with Crippen LogP contribution in [0.1, 0.15) is 52.3 Å². The molecule has 0 fully saturated rings. The molecule has 0 radical (unpaired) electrons. The van der Waals surface area contributed by atoms with Crippen LogP contribution in [0.5, 0.6) is 0 Å². The van der Waals surface area contributed by atoms with Gasteiger partial charge in [-0.15, -0.1) is 11.3 Å². The fraction of sp³-hybridized carbons (Fsp3) is 0.348. The fourth-order valence-corrected chi connectivity index (χ4v) is 5.33. The van der Waals surface area contributed by atoms with Crippen molar-refractivity contribution in [2.45, 2.75) is 52.6 Å². The first-order chi connectivity index (χ1) is 18.4. The van der Waals surface area contributed by atoms with Crippen LogP contribution in [0, 0.1) is 13.8 Å². The van der Waals surface area contributed by atoms with Gasteiger partial charge in [-0.25, -0.2) is 4.98 Å². The van der Waals surface area contributed by atoms with E-state index in [1.807, 2.05) is 0 Å². The molecule has 2 amide bonds. The number of aryl methyl sites for hydroxylation is 2. The molecule has 0 aliphatic carbocycles. The van der Waals surface area contributed by atoms with Crippen molar-refractivity contribution in [2.24, 2.45) is 5.73 Å². The Morgan fingerprint density at radius 1 is 1.12 bits per heavy atom. The monoisotopic (exact) mass is 607 g/mol. The summed E-state index contributed by atoms with van der Waals surface area (Å²) in [6, 6.07) is -0.615. The van der Waals surface area contributed by atoms with Gasteiger partial charge in [-0.2, -0.15) is 36.5 Å². The fourth-order valence-electron chi connectivity index (χ4n) is 4.09. The Labute approximate surface area is 230 Å². The normalized spacial score (nSPS) is 13.2. The molecule has 40 heavy (non-hydrogen) atoms. The molecule has 1 atom stereocenters. The molecule has 4 aromatic heterocycles. The van der Waals surface area contributed by atoms with Crippen molar-refractivity contribution in [1.29, 1.82) is 0 Å². The summed E-state index contributed by atoms with van der Waals surface area (Å²) in [6.45, 7) is 6.23. The Hall–Kier alpha value is -3.66. The summed E-state index contributed by atoms with van der Waals surface area (Å²) in [6.07, 6.45) is -8.23. The van der Waals surface area contributed by atoms with E-state index in [4.69, 9.17) is 17.3 Å². The van der Waals surface area contributed by atoms with Crippen molar-refractivity contribution in [3.8, 4) is 11.1 Å². The average Bonchev–Trinajstić information content (AvgIpc) is 3.51. The number of nitrogens with one attached hydrogen (secondary N) is 1. The number of primary amides is 1. The Bertz CT molecular complexity index is 1650. The average molecular weight is 608 g/mol. The lowest BCUT2D eigenvalue weighted by atomic mass is 10.0. The number of carbonyl (C=O) groups excluding carboxylic acids is 2. The summed E-state index contributed by atoms with van der Waals surface area (Å²) in [4.78, 5) is 28.7. The van der Waals surface area contributed by atoms with E-state index in [1.165, 1.54) is 24.7 Å². The van der Waals surface area contributed by atoms with Gasteiger partial charge in [-0.05, 0) is 39.3 Å². The Morgan fingerprint density at radius 2 is 1.77 bits per heavy atom. The summed E-state index contributed by atoms with van der Waals surface area (Å²) < 4.78 is 83.5. The van der Waals surface area contributed by atoms with Gasteiger partial charge in [0.25, 0.3) is 5.91 Å². The SMILES string of the molecule is CCn1cc(-c2cc(C(F)(F)F)nc3sc(C(N)=O)c(NC(=O)C(C)n4nc(C(F)(F)F)c(Cl)c4C)c23)c(C)n1. The zero-order chi connectivity index (χ0) is 29.9. The van der Waals surface area contributed by atoms with Crippen LogP contribution < -0.4 is 11.1 Å². The van der Waals surface area contributed by atoms with Crippen molar-refractivity contribution < 1.29 is 35.9 Å². The van der Waals surface area contributed by atoms with Gasteiger partial charge < -0.3 is 11.1 Å². The van der Waals surface area contributed by atoms with Crippen LogP contribution in [-0.4, -0.2) is 36.4 Å². The van der Waals surface area contributed by atoms with E-state index in [9.17, 15) is 35.9 Å². The zero-order valence-corrected chi connectivity index (χ0v) is 22.7. The van der Waals surface area contributed by atoms with Crippen LogP contribution in [0.4, 0.5) is 32.0 Å². The van der Waals surface area contributed by atoms with Crippen LogP contribution >= 0.6 is 22.9 Å². The summed E-state index contributed by atoms with van der Waals surface area (Å²) in [5.74, 6) is -2.01. The summed E-state index contributed by atoms with van der Waals surface area (Å²) in [5.41, 5.74) is 3.08. The Balaban J connectivity index is 1.91. The standard InChI is InChI=1S/C23H20ClF6N7O2S/c1-5-36-7-12(8(2)34-36)11-6-13(22(25,26)27)32-21-14(11)16(17(40-21)19(31)38)33-20(39)10(4)37-9(3)15(24)18(35-37)23(28,29)30/h6-7,10H,5H2,1-4H3,(H2,31,38)(H,33,39). The van der Waals surface area contributed by atoms with E-state index in [2.05, 4.69) is 20.5 Å². The molecule has 0 spiro atoms. The maximum Gasteiger partial charge on any atom is 0.436 e. The minimum absolute atomic E-state index is 0.0164. The number of hydrogen-bond donors (Lipinski definition) is 2. The second kappa shape index (κ2) is 10.1. The highest BCUT2D eigenvalue weighted by Crippen LogP contribution is 2.44.